The van der Waals surface area contributed by atoms with Gasteiger partial charge in [0.05, 0.1) is 12.7 Å². The minimum absolute atomic E-state index is 0.176. The highest BCUT2D eigenvalue weighted by Gasteiger charge is 2.40. The highest BCUT2D eigenvalue weighted by atomic mass is 79.9. The molecule has 1 N–H and O–H groups in total. The number of carbonyl (C=O) groups is 1. The highest BCUT2D eigenvalue weighted by molar-refractivity contribution is 9.10. The van der Waals surface area contributed by atoms with E-state index in [0.29, 0.717) is 23.0 Å². The van der Waals surface area contributed by atoms with Crippen molar-refractivity contribution in [3.8, 4) is 5.75 Å². The van der Waals surface area contributed by atoms with Gasteiger partial charge in [0.15, 0.2) is 5.82 Å². The summed E-state index contributed by atoms with van der Waals surface area (Å²) in [6.07, 6.45) is 4.80. The molecule has 3 rings (SSSR count). The molecule has 1 aromatic carbocycles. The zero-order valence-corrected chi connectivity index (χ0v) is 15.4. The number of halogens is 1. The second kappa shape index (κ2) is 6.93. The van der Waals surface area contributed by atoms with Gasteiger partial charge in [0, 0.05) is 11.4 Å². The summed E-state index contributed by atoms with van der Waals surface area (Å²) < 4.78 is 11.1. The lowest BCUT2D eigenvalue weighted by Crippen LogP contribution is -2.48. The van der Waals surface area contributed by atoms with E-state index in [1.54, 1.807) is 32.2 Å². The van der Waals surface area contributed by atoms with Gasteiger partial charge in [-0.05, 0) is 47.0 Å². The Morgan fingerprint density at radius 1 is 1.33 bits per heavy atom. The van der Waals surface area contributed by atoms with Crippen LogP contribution < -0.4 is 10.1 Å². The number of rotatable bonds is 4. The van der Waals surface area contributed by atoms with Crippen LogP contribution in [0.4, 0.5) is 0 Å². The van der Waals surface area contributed by atoms with E-state index in [9.17, 15) is 4.79 Å². The van der Waals surface area contributed by atoms with Crippen molar-refractivity contribution in [3.05, 3.63) is 40.0 Å². The van der Waals surface area contributed by atoms with Gasteiger partial charge in [-0.1, -0.05) is 24.4 Å². The molecule has 24 heavy (non-hydrogen) atoms. The van der Waals surface area contributed by atoms with Gasteiger partial charge >= 0.3 is 0 Å². The number of methoxy groups -OCH3 is 1. The summed E-state index contributed by atoms with van der Waals surface area (Å²) in [5.41, 5.74) is -0.0465. The molecular weight excluding hydrogens is 374 g/mol. The topological polar surface area (TPSA) is 77.2 Å². The highest BCUT2D eigenvalue weighted by Crippen LogP contribution is 2.36. The average Bonchev–Trinajstić information content (AvgIpc) is 3.03. The number of benzene rings is 1. The first-order chi connectivity index (χ1) is 11.5. The SMILES string of the molecule is COc1ccc(Br)c(C(=O)NC2(c3noc(C)n3)CCCCC2)c1. The lowest BCUT2D eigenvalue weighted by Gasteiger charge is -2.35. The van der Waals surface area contributed by atoms with E-state index in [2.05, 4.69) is 31.4 Å². The molecule has 1 heterocycles. The fourth-order valence-corrected chi connectivity index (χ4v) is 3.57. The molecule has 1 aliphatic carbocycles. The molecule has 7 heteroatoms. The van der Waals surface area contributed by atoms with Crippen LogP contribution in [-0.2, 0) is 5.54 Å². The molecule has 128 valence electrons. The normalized spacial score (nSPS) is 16.6. The summed E-state index contributed by atoms with van der Waals surface area (Å²) in [4.78, 5) is 17.3. The van der Waals surface area contributed by atoms with Gasteiger partial charge in [-0.15, -0.1) is 0 Å². The summed E-state index contributed by atoms with van der Waals surface area (Å²) in [5, 5.41) is 7.24. The number of hydrogen-bond acceptors (Lipinski definition) is 5. The molecule has 1 saturated carbocycles. The van der Waals surface area contributed by atoms with E-state index in [1.807, 2.05) is 0 Å². The fraction of sp³-hybridized carbons (Fsp3) is 0.471. The van der Waals surface area contributed by atoms with Crippen molar-refractivity contribution < 1.29 is 14.1 Å². The van der Waals surface area contributed by atoms with E-state index < -0.39 is 5.54 Å². The number of hydrogen-bond donors (Lipinski definition) is 1. The molecule has 1 amide bonds. The Balaban J connectivity index is 1.92. The van der Waals surface area contributed by atoms with Crippen molar-refractivity contribution in [2.75, 3.05) is 7.11 Å². The van der Waals surface area contributed by atoms with E-state index in [1.165, 1.54) is 0 Å². The predicted molar refractivity (Wildman–Crippen MR) is 92.0 cm³/mol. The zero-order chi connectivity index (χ0) is 17.2. The van der Waals surface area contributed by atoms with Gasteiger partial charge in [-0.25, -0.2) is 0 Å². The molecule has 6 nitrogen and oxygen atoms in total. The maximum Gasteiger partial charge on any atom is 0.253 e. The first kappa shape index (κ1) is 17.0. The number of amides is 1. The third-order valence-electron chi connectivity index (χ3n) is 4.43. The van der Waals surface area contributed by atoms with E-state index in [4.69, 9.17) is 9.26 Å². The molecule has 0 spiro atoms. The Labute approximate surface area is 149 Å². The maximum absolute atomic E-state index is 12.9. The van der Waals surface area contributed by atoms with Gasteiger partial charge < -0.3 is 14.6 Å². The number of carbonyl (C=O) groups excluding carboxylic acids is 1. The van der Waals surface area contributed by atoms with Crippen LogP contribution in [0.1, 0.15) is 54.2 Å². The Morgan fingerprint density at radius 3 is 2.71 bits per heavy atom. The molecule has 0 unspecified atom stereocenters. The lowest BCUT2D eigenvalue weighted by molar-refractivity contribution is 0.0854. The second-order valence-corrected chi connectivity index (χ2v) is 6.93. The number of aryl methyl sites for hydroxylation is 1. The largest absolute Gasteiger partial charge is 0.497 e. The van der Waals surface area contributed by atoms with Crippen LogP contribution in [0.15, 0.2) is 27.2 Å². The van der Waals surface area contributed by atoms with Crippen LogP contribution in [0, 0.1) is 6.92 Å². The van der Waals surface area contributed by atoms with Crippen LogP contribution in [0.3, 0.4) is 0 Å². The Bertz CT molecular complexity index is 738. The summed E-state index contributed by atoms with van der Waals surface area (Å²) >= 11 is 3.44. The molecule has 1 aromatic heterocycles. The standard InChI is InChI=1S/C17H20BrN3O3/c1-11-19-16(21-24-11)17(8-4-3-5-9-17)20-15(22)13-10-12(23-2)6-7-14(13)18/h6-7,10H,3-5,8-9H2,1-2H3,(H,20,22). The van der Waals surface area contributed by atoms with Crippen LogP contribution in [0.25, 0.3) is 0 Å². The monoisotopic (exact) mass is 393 g/mol. The molecule has 0 aliphatic heterocycles. The Hall–Kier alpha value is -1.89. The number of aromatic nitrogens is 2. The molecule has 2 aromatic rings. The minimum atomic E-state index is -0.574. The fourth-order valence-electron chi connectivity index (χ4n) is 3.14. The van der Waals surface area contributed by atoms with Crippen LogP contribution in [0.2, 0.25) is 0 Å². The average molecular weight is 394 g/mol. The summed E-state index contributed by atoms with van der Waals surface area (Å²) in [6, 6.07) is 5.33. The van der Waals surface area contributed by atoms with E-state index >= 15 is 0 Å². The minimum Gasteiger partial charge on any atom is -0.497 e. The maximum atomic E-state index is 12.9. The van der Waals surface area contributed by atoms with Gasteiger partial charge in [0.1, 0.15) is 11.3 Å². The first-order valence-corrected chi connectivity index (χ1v) is 8.80. The van der Waals surface area contributed by atoms with Crippen LogP contribution >= 0.6 is 15.9 Å². The Morgan fingerprint density at radius 2 is 2.08 bits per heavy atom. The number of ether oxygens (including phenoxy) is 1. The van der Waals surface area contributed by atoms with Crippen LogP contribution in [0.5, 0.6) is 5.75 Å². The van der Waals surface area contributed by atoms with Gasteiger partial charge in [0.2, 0.25) is 5.89 Å². The quantitative estimate of drug-likeness (QED) is 0.855. The third kappa shape index (κ3) is 3.31. The molecule has 1 aliphatic rings. The Kier molecular flexibility index (Phi) is 4.89. The molecule has 1 fully saturated rings. The van der Waals surface area contributed by atoms with Gasteiger partial charge in [-0.3, -0.25) is 4.79 Å². The molecule has 0 atom stereocenters. The predicted octanol–water partition coefficient (Wildman–Crippen LogP) is 3.74. The van der Waals surface area contributed by atoms with E-state index in [0.717, 1.165) is 36.6 Å². The van der Waals surface area contributed by atoms with Crippen molar-refractivity contribution in [3.63, 3.8) is 0 Å². The molecule has 0 saturated heterocycles. The van der Waals surface area contributed by atoms with Crippen molar-refractivity contribution in [1.82, 2.24) is 15.5 Å². The second-order valence-electron chi connectivity index (χ2n) is 6.08. The van der Waals surface area contributed by atoms with Crippen molar-refractivity contribution in [2.45, 2.75) is 44.6 Å². The summed E-state index contributed by atoms with van der Waals surface area (Å²) in [6.45, 7) is 1.76. The number of nitrogens with zero attached hydrogens (tertiary/aromatic N) is 2. The van der Waals surface area contributed by atoms with Gasteiger partial charge in [-0.2, -0.15) is 4.98 Å². The van der Waals surface area contributed by atoms with Crippen molar-refractivity contribution in [1.29, 1.82) is 0 Å². The zero-order valence-electron chi connectivity index (χ0n) is 13.8. The summed E-state index contributed by atoms with van der Waals surface area (Å²) in [5.74, 6) is 1.53. The first-order valence-electron chi connectivity index (χ1n) is 8.01. The lowest BCUT2D eigenvalue weighted by atomic mass is 9.80. The van der Waals surface area contributed by atoms with Gasteiger partial charge in [0.25, 0.3) is 5.91 Å². The smallest absolute Gasteiger partial charge is 0.253 e. The number of nitrogens with one attached hydrogen (secondary N) is 1. The third-order valence-corrected chi connectivity index (χ3v) is 5.13. The molecular formula is C17H20BrN3O3. The molecule has 0 bridgehead atoms. The molecule has 0 radical (unpaired) electrons. The summed E-state index contributed by atoms with van der Waals surface area (Å²) in [7, 11) is 1.58. The van der Waals surface area contributed by atoms with Crippen LogP contribution in [-0.4, -0.2) is 23.2 Å². The van der Waals surface area contributed by atoms with Crippen molar-refractivity contribution >= 4 is 21.8 Å². The van der Waals surface area contributed by atoms with Crippen molar-refractivity contribution in [2.24, 2.45) is 0 Å². The van der Waals surface area contributed by atoms with E-state index in [-0.39, 0.29) is 5.91 Å².